The number of fused-ring (bicyclic) bond motifs is 1. The molecule has 3 fully saturated rings. The number of aromatic nitrogens is 1. The first-order chi connectivity index (χ1) is 12.8. The molecule has 0 aliphatic carbocycles. The van der Waals surface area contributed by atoms with Crippen LogP contribution in [0.2, 0.25) is 0 Å². The van der Waals surface area contributed by atoms with Gasteiger partial charge in [-0.1, -0.05) is 6.07 Å². The quantitative estimate of drug-likeness (QED) is 0.830. The van der Waals surface area contributed by atoms with Crippen molar-refractivity contribution in [1.82, 2.24) is 20.1 Å². The van der Waals surface area contributed by atoms with Crippen LogP contribution in [0.5, 0.6) is 0 Å². The Kier molecular flexibility index (Phi) is 5.82. The predicted octanol–water partition coefficient (Wildman–Crippen LogP) is 1.27. The molecule has 26 heavy (non-hydrogen) atoms. The molecule has 6 nitrogen and oxygen atoms in total. The molecule has 6 heteroatoms. The highest BCUT2D eigenvalue weighted by atomic mass is 16.5. The molecule has 1 aromatic heterocycles. The Labute approximate surface area is 155 Å². The highest BCUT2D eigenvalue weighted by Crippen LogP contribution is 2.33. The highest BCUT2D eigenvalue weighted by molar-refractivity contribution is 5.81. The molecule has 4 rings (SSSR count). The standard InChI is InChI=1S/C20H30N4O2/c25-20(22-14-17-5-1-2-7-21-17)18-13-16-6-10-24(15-19(16)26-18)12-11-23-8-3-4-9-23/h1-2,5,7,16,18-19H,3-4,6,8-15H2,(H,22,25)/t16-,18+,19+/m1/s1. The summed E-state index contributed by atoms with van der Waals surface area (Å²) in [5.74, 6) is 0.539. The number of nitrogens with zero attached hydrogens (tertiary/aromatic N) is 3. The third kappa shape index (κ3) is 4.42. The van der Waals surface area contributed by atoms with Gasteiger partial charge in [-0.15, -0.1) is 0 Å². The van der Waals surface area contributed by atoms with Crippen molar-refractivity contribution in [2.75, 3.05) is 39.3 Å². The van der Waals surface area contributed by atoms with Gasteiger partial charge in [0.05, 0.1) is 18.3 Å². The number of ether oxygens (including phenoxy) is 1. The zero-order valence-electron chi connectivity index (χ0n) is 15.5. The third-order valence-corrected chi connectivity index (χ3v) is 6.03. The Morgan fingerprint density at radius 3 is 2.85 bits per heavy atom. The largest absolute Gasteiger partial charge is 0.364 e. The van der Waals surface area contributed by atoms with Gasteiger partial charge in [0.2, 0.25) is 5.91 Å². The van der Waals surface area contributed by atoms with Gasteiger partial charge in [-0.2, -0.15) is 0 Å². The average molecular weight is 358 g/mol. The lowest BCUT2D eigenvalue weighted by atomic mass is 9.91. The van der Waals surface area contributed by atoms with Gasteiger partial charge < -0.3 is 15.0 Å². The summed E-state index contributed by atoms with van der Waals surface area (Å²) >= 11 is 0. The number of carbonyl (C=O) groups excluding carboxylic acids is 1. The Morgan fingerprint density at radius 1 is 1.19 bits per heavy atom. The van der Waals surface area contributed by atoms with E-state index in [9.17, 15) is 4.79 Å². The lowest BCUT2D eigenvalue weighted by Crippen LogP contribution is -2.45. The Balaban J connectivity index is 1.21. The minimum absolute atomic E-state index is 0.00803. The summed E-state index contributed by atoms with van der Waals surface area (Å²) in [7, 11) is 0. The number of likely N-dealkylation sites (tertiary alicyclic amines) is 2. The molecule has 0 unspecified atom stereocenters. The molecule has 3 aliphatic heterocycles. The maximum Gasteiger partial charge on any atom is 0.249 e. The SMILES string of the molecule is O=C(NCc1ccccn1)[C@@H]1C[C@H]2CCN(CCN3CCCC3)C[C@@H]2O1. The molecule has 3 aliphatic rings. The van der Waals surface area contributed by atoms with E-state index in [0.29, 0.717) is 12.5 Å². The van der Waals surface area contributed by atoms with E-state index in [4.69, 9.17) is 4.74 Å². The van der Waals surface area contributed by atoms with E-state index in [2.05, 4.69) is 20.1 Å². The van der Waals surface area contributed by atoms with Crippen molar-refractivity contribution in [3.05, 3.63) is 30.1 Å². The third-order valence-electron chi connectivity index (χ3n) is 6.03. The molecule has 1 aromatic rings. The van der Waals surface area contributed by atoms with Crippen LogP contribution in [0.15, 0.2) is 24.4 Å². The molecule has 1 amide bonds. The van der Waals surface area contributed by atoms with Gasteiger partial charge >= 0.3 is 0 Å². The molecule has 3 saturated heterocycles. The number of pyridine rings is 1. The minimum atomic E-state index is -0.299. The van der Waals surface area contributed by atoms with Crippen molar-refractivity contribution in [3.8, 4) is 0 Å². The molecule has 0 spiro atoms. The lowest BCUT2D eigenvalue weighted by molar-refractivity contribution is -0.133. The molecular weight excluding hydrogens is 328 g/mol. The summed E-state index contributed by atoms with van der Waals surface area (Å²) < 4.78 is 6.13. The number of hydrogen-bond donors (Lipinski definition) is 1. The van der Waals surface area contributed by atoms with Gasteiger partial charge in [0.25, 0.3) is 0 Å². The normalized spacial score (nSPS) is 29.6. The van der Waals surface area contributed by atoms with Crippen molar-refractivity contribution in [2.24, 2.45) is 5.92 Å². The summed E-state index contributed by atoms with van der Waals surface area (Å²) in [6.07, 6.45) is 6.37. The predicted molar refractivity (Wildman–Crippen MR) is 99.6 cm³/mol. The first-order valence-corrected chi connectivity index (χ1v) is 10.1. The summed E-state index contributed by atoms with van der Waals surface area (Å²) in [6.45, 7) is 7.40. The lowest BCUT2D eigenvalue weighted by Gasteiger charge is -2.34. The Morgan fingerprint density at radius 2 is 2.04 bits per heavy atom. The minimum Gasteiger partial charge on any atom is -0.364 e. The molecule has 3 atom stereocenters. The smallest absolute Gasteiger partial charge is 0.249 e. The van der Waals surface area contributed by atoms with Gasteiger partial charge in [0.15, 0.2) is 0 Å². The molecule has 4 heterocycles. The fourth-order valence-corrected chi connectivity index (χ4v) is 4.45. The molecule has 0 aromatic carbocycles. The van der Waals surface area contributed by atoms with Gasteiger partial charge in [0.1, 0.15) is 6.10 Å². The van der Waals surface area contributed by atoms with Crippen LogP contribution in [0, 0.1) is 5.92 Å². The van der Waals surface area contributed by atoms with Crippen LogP contribution in [-0.2, 0) is 16.1 Å². The summed E-state index contributed by atoms with van der Waals surface area (Å²) in [5.41, 5.74) is 0.879. The number of amides is 1. The van der Waals surface area contributed by atoms with Crippen LogP contribution in [0.1, 0.15) is 31.4 Å². The molecule has 0 bridgehead atoms. The van der Waals surface area contributed by atoms with Crippen molar-refractivity contribution < 1.29 is 9.53 Å². The van der Waals surface area contributed by atoms with Gasteiger partial charge in [-0.25, -0.2) is 0 Å². The van der Waals surface area contributed by atoms with Crippen LogP contribution >= 0.6 is 0 Å². The first-order valence-electron chi connectivity index (χ1n) is 10.1. The summed E-state index contributed by atoms with van der Waals surface area (Å²) in [6, 6.07) is 5.74. The zero-order chi connectivity index (χ0) is 17.8. The van der Waals surface area contributed by atoms with Crippen molar-refractivity contribution in [1.29, 1.82) is 0 Å². The van der Waals surface area contributed by atoms with E-state index in [0.717, 1.165) is 38.2 Å². The Hall–Kier alpha value is -1.50. The topological polar surface area (TPSA) is 57.7 Å². The Bertz CT molecular complexity index is 591. The van der Waals surface area contributed by atoms with E-state index in [1.807, 2.05) is 18.2 Å². The van der Waals surface area contributed by atoms with E-state index in [-0.39, 0.29) is 18.1 Å². The van der Waals surface area contributed by atoms with E-state index >= 15 is 0 Å². The van der Waals surface area contributed by atoms with E-state index < -0.39 is 0 Å². The second-order valence-electron chi connectivity index (χ2n) is 7.84. The van der Waals surface area contributed by atoms with Gasteiger partial charge in [0, 0.05) is 25.8 Å². The van der Waals surface area contributed by atoms with Crippen molar-refractivity contribution in [2.45, 2.75) is 44.4 Å². The molecule has 142 valence electrons. The fourth-order valence-electron chi connectivity index (χ4n) is 4.45. The fraction of sp³-hybridized carbons (Fsp3) is 0.700. The molecule has 0 radical (unpaired) electrons. The van der Waals surface area contributed by atoms with Crippen LogP contribution in [0.25, 0.3) is 0 Å². The second-order valence-corrected chi connectivity index (χ2v) is 7.84. The second kappa shape index (κ2) is 8.46. The zero-order valence-corrected chi connectivity index (χ0v) is 15.5. The molecule has 1 N–H and O–H groups in total. The monoisotopic (exact) mass is 358 g/mol. The van der Waals surface area contributed by atoms with E-state index in [1.165, 1.54) is 32.5 Å². The number of carbonyl (C=O) groups is 1. The van der Waals surface area contributed by atoms with Gasteiger partial charge in [-0.3, -0.25) is 14.7 Å². The maximum absolute atomic E-state index is 12.5. The molecular formula is C20H30N4O2. The average Bonchev–Trinajstić information content (AvgIpc) is 3.34. The van der Waals surface area contributed by atoms with Crippen LogP contribution in [-0.4, -0.2) is 72.2 Å². The maximum atomic E-state index is 12.5. The van der Waals surface area contributed by atoms with Gasteiger partial charge in [-0.05, 0) is 63.4 Å². The number of hydrogen-bond acceptors (Lipinski definition) is 5. The summed E-state index contributed by atoms with van der Waals surface area (Å²) in [4.78, 5) is 21.8. The van der Waals surface area contributed by atoms with E-state index in [1.54, 1.807) is 6.20 Å². The van der Waals surface area contributed by atoms with Crippen LogP contribution in [0.3, 0.4) is 0 Å². The number of nitrogens with one attached hydrogen (secondary N) is 1. The van der Waals surface area contributed by atoms with Crippen molar-refractivity contribution >= 4 is 5.91 Å². The molecule has 0 saturated carbocycles. The van der Waals surface area contributed by atoms with Crippen LogP contribution < -0.4 is 5.32 Å². The highest BCUT2D eigenvalue weighted by Gasteiger charge is 2.41. The first kappa shape index (κ1) is 17.9. The van der Waals surface area contributed by atoms with Crippen molar-refractivity contribution in [3.63, 3.8) is 0 Å². The van der Waals surface area contributed by atoms with Crippen LogP contribution in [0.4, 0.5) is 0 Å². The number of rotatable bonds is 6. The number of piperidine rings is 1. The summed E-state index contributed by atoms with van der Waals surface area (Å²) in [5, 5.41) is 2.98.